The van der Waals surface area contributed by atoms with Crippen molar-refractivity contribution in [3.05, 3.63) is 46.2 Å². The zero-order chi connectivity index (χ0) is 13.7. The molecule has 0 aliphatic rings. The maximum atomic E-state index is 12.1. The Morgan fingerprint density at radius 1 is 1.21 bits per heavy atom. The fourth-order valence-electron chi connectivity index (χ4n) is 1.73. The number of carbonyl (C=O) groups is 1. The summed E-state index contributed by atoms with van der Waals surface area (Å²) in [5.74, 6) is 0.613. The van der Waals surface area contributed by atoms with Crippen LogP contribution in [0, 0.1) is 0 Å². The van der Waals surface area contributed by atoms with E-state index >= 15 is 0 Å². The smallest absolute Gasteiger partial charge is 0.265 e. The van der Waals surface area contributed by atoms with E-state index in [4.69, 9.17) is 4.74 Å². The van der Waals surface area contributed by atoms with Crippen molar-refractivity contribution in [3.63, 3.8) is 0 Å². The minimum atomic E-state index is -0.0862. The van der Waals surface area contributed by atoms with Gasteiger partial charge in [0.05, 0.1) is 17.2 Å². The van der Waals surface area contributed by atoms with Gasteiger partial charge in [-0.25, -0.2) is 0 Å². The Hall–Kier alpha value is -1.81. The van der Waals surface area contributed by atoms with Crippen molar-refractivity contribution < 1.29 is 9.53 Å². The molecule has 0 unspecified atom stereocenters. The molecule has 3 nitrogen and oxygen atoms in total. The molecule has 0 spiro atoms. The van der Waals surface area contributed by atoms with Crippen LogP contribution in [0.25, 0.3) is 0 Å². The van der Waals surface area contributed by atoms with Crippen LogP contribution in [0.3, 0.4) is 0 Å². The molecule has 1 heterocycles. The quantitative estimate of drug-likeness (QED) is 0.897. The third kappa shape index (κ3) is 3.35. The van der Waals surface area contributed by atoms with Crippen molar-refractivity contribution in [2.24, 2.45) is 0 Å². The summed E-state index contributed by atoms with van der Waals surface area (Å²) in [6.45, 7) is 4.58. The van der Waals surface area contributed by atoms with Gasteiger partial charge in [0.15, 0.2) is 0 Å². The Balaban J connectivity index is 2.14. The maximum Gasteiger partial charge on any atom is 0.265 e. The van der Waals surface area contributed by atoms with E-state index in [1.807, 2.05) is 43.3 Å². The molecule has 0 saturated carbocycles. The first kappa shape index (κ1) is 13.6. The number of nitrogens with one attached hydrogen (secondary N) is 1. The highest BCUT2D eigenvalue weighted by atomic mass is 32.1. The van der Waals surface area contributed by atoms with Gasteiger partial charge in [0, 0.05) is 4.88 Å². The lowest BCUT2D eigenvalue weighted by Crippen LogP contribution is -2.11. The second-order valence-electron chi connectivity index (χ2n) is 4.00. The lowest BCUT2D eigenvalue weighted by atomic mass is 10.3. The Bertz CT molecular complexity index is 563. The minimum Gasteiger partial charge on any atom is -0.492 e. The average molecular weight is 275 g/mol. The number of thiophene rings is 1. The number of rotatable bonds is 5. The number of para-hydroxylation sites is 2. The van der Waals surface area contributed by atoms with E-state index in [0.29, 0.717) is 18.0 Å². The summed E-state index contributed by atoms with van der Waals surface area (Å²) in [6, 6.07) is 11.3. The fraction of sp³-hybridized carbons (Fsp3) is 0.267. The van der Waals surface area contributed by atoms with Gasteiger partial charge < -0.3 is 10.1 Å². The SMILES string of the molecule is CCOc1ccccc1NC(=O)c1ccc(CC)s1. The Kier molecular flexibility index (Phi) is 4.58. The van der Waals surface area contributed by atoms with Gasteiger partial charge in [0.25, 0.3) is 5.91 Å². The van der Waals surface area contributed by atoms with Crippen molar-refractivity contribution in [1.82, 2.24) is 0 Å². The van der Waals surface area contributed by atoms with Gasteiger partial charge in [-0.15, -0.1) is 11.3 Å². The molecule has 0 atom stereocenters. The number of carbonyl (C=O) groups excluding carboxylic acids is 1. The number of aryl methyl sites for hydroxylation is 1. The molecule has 1 aromatic heterocycles. The van der Waals surface area contributed by atoms with Gasteiger partial charge in [-0.3, -0.25) is 4.79 Å². The normalized spacial score (nSPS) is 10.2. The van der Waals surface area contributed by atoms with Crippen molar-refractivity contribution in [1.29, 1.82) is 0 Å². The summed E-state index contributed by atoms with van der Waals surface area (Å²) >= 11 is 1.53. The molecule has 1 aromatic carbocycles. The van der Waals surface area contributed by atoms with Gasteiger partial charge >= 0.3 is 0 Å². The standard InChI is InChI=1S/C15H17NO2S/c1-3-11-9-10-14(19-11)15(17)16-12-7-5-6-8-13(12)18-4-2/h5-10H,3-4H2,1-2H3,(H,16,17). The zero-order valence-corrected chi connectivity index (χ0v) is 11.9. The van der Waals surface area contributed by atoms with Gasteiger partial charge in [0.2, 0.25) is 0 Å². The monoisotopic (exact) mass is 275 g/mol. The molecule has 2 aromatic rings. The van der Waals surface area contributed by atoms with Crippen LogP contribution in [0.1, 0.15) is 28.4 Å². The first-order valence-corrected chi connectivity index (χ1v) is 7.18. The molecular formula is C15H17NO2S. The van der Waals surface area contributed by atoms with Gasteiger partial charge in [-0.1, -0.05) is 19.1 Å². The van der Waals surface area contributed by atoms with E-state index in [2.05, 4.69) is 12.2 Å². The summed E-state index contributed by atoms with van der Waals surface area (Å²) in [7, 11) is 0. The van der Waals surface area contributed by atoms with Crippen molar-refractivity contribution >= 4 is 22.9 Å². The Labute approximate surface area is 117 Å². The summed E-state index contributed by atoms with van der Waals surface area (Å²) < 4.78 is 5.49. The minimum absolute atomic E-state index is 0.0862. The first-order valence-electron chi connectivity index (χ1n) is 6.36. The van der Waals surface area contributed by atoms with Crippen LogP contribution in [0.2, 0.25) is 0 Å². The van der Waals surface area contributed by atoms with E-state index in [1.54, 1.807) is 0 Å². The van der Waals surface area contributed by atoms with Crippen molar-refractivity contribution in [3.8, 4) is 5.75 Å². The summed E-state index contributed by atoms with van der Waals surface area (Å²) in [5, 5.41) is 2.90. The summed E-state index contributed by atoms with van der Waals surface area (Å²) in [4.78, 5) is 14.1. The van der Waals surface area contributed by atoms with Crippen LogP contribution >= 0.6 is 11.3 Å². The number of hydrogen-bond donors (Lipinski definition) is 1. The van der Waals surface area contributed by atoms with Gasteiger partial charge in [0.1, 0.15) is 5.75 Å². The largest absolute Gasteiger partial charge is 0.492 e. The lowest BCUT2D eigenvalue weighted by Gasteiger charge is -2.10. The molecule has 0 aliphatic heterocycles. The molecule has 1 amide bonds. The van der Waals surface area contributed by atoms with Crippen LogP contribution in [0.4, 0.5) is 5.69 Å². The van der Waals surface area contributed by atoms with E-state index < -0.39 is 0 Å². The van der Waals surface area contributed by atoms with Crippen LogP contribution in [0.5, 0.6) is 5.75 Å². The number of hydrogen-bond acceptors (Lipinski definition) is 3. The number of benzene rings is 1. The van der Waals surface area contributed by atoms with Gasteiger partial charge in [-0.05, 0) is 37.6 Å². The van der Waals surface area contributed by atoms with Crippen LogP contribution in [0.15, 0.2) is 36.4 Å². The Morgan fingerprint density at radius 2 is 2.00 bits per heavy atom. The molecule has 19 heavy (non-hydrogen) atoms. The number of anilines is 1. The predicted molar refractivity (Wildman–Crippen MR) is 79.3 cm³/mol. The maximum absolute atomic E-state index is 12.1. The van der Waals surface area contributed by atoms with E-state index in [-0.39, 0.29) is 5.91 Å². The molecule has 0 saturated heterocycles. The molecular weight excluding hydrogens is 258 g/mol. The van der Waals surface area contributed by atoms with Gasteiger partial charge in [-0.2, -0.15) is 0 Å². The molecule has 100 valence electrons. The third-order valence-electron chi connectivity index (χ3n) is 2.67. The molecule has 0 radical (unpaired) electrons. The zero-order valence-electron chi connectivity index (χ0n) is 11.1. The lowest BCUT2D eigenvalue weighted by molar-refractivity contribution is 0.103. The topological polar surface area (TPSA) is 38.3 Å². The molecule has 0 fully saturated rings. The highest BCUT2D eigenvalue weighted by molar-refractivity contribution is 7.14. The van der Waals surface area contributed by atoms with E-state index in [1.165, 1.54) is 16.2 Å². The first-order chi connectivity index (χ1) is 9.24. The van der Waals surface area contributed by atoms with Crippen molar-refractivity contribution in [2.45, 2.75) is 20.3 Å². The summed E-state index contributed by atoms with van der Waals surface area (Å²) in [5.41, 5.74) is 0.709. The molecule has 0 bridgehead atoms. The second kappa shape index (κ2) is 6.38. The van der Waals surface area contributed by atoms with Crippen molar-refractivity contribution in [2.75, 3.05) is 11.9 Å². The van der Waals surface area contributed by atoms with Crippen LogP contribution < -0.4 is 10.1 Å². The highest BCUT2D eigenvalue weighted by Crippen LogP contribution is 2.25. The molecule has 4 heteroatoms. The third-order valence-corrected chi connectivity index (χ3v) is 3.90. The predicted octanol–water partition coefficient (Wildman–Crippen LogP) is 3.96. The number of amides is 1. The van der Waals surface area contributed by atoms with Crippen LogP contribution in [-0.4, -0.2) is 12.5 Å². The van der Waals surface area contributed by atoms with E-state index in [9.17, 15) is 4.79 Å². The van der Waals surface area contributed by atoms with E-state index in [0.717, 1.165) is 11.3 Å². The fourth-order valence-corrected chi connectivity index (χ4v) is 2.57. The second-order valence-corrected chi connectivity index (χ2v) is 5.17. The molecule has 1 N–H and O–H groups in total. The number of ether oxygens (including phenoxy) is 1. The van der Waals surface area contributed by atoms with Crippen LogP contribution in [-0.2, 0) is 6.42 Å². The molecule has 2 rings (SSSR count). The Morgan fingerprint density at radius 3 is 2.68 bits per heavy atom. The average Bonchev–Trinajstić information content (AvgIpc) is 2.90. The highest BCUT2D eigenvalue weighted by Gasteiger charge is 2.11. The molecule has 0 aliphatic carbocycles. The summed E-state index contributed by atoms with van der Waals surface area (Å²) in [6.07, 6.45) is 0.952.